The first kappa shape index (κ1) is 12.1. The molecular formula is C15H18N4. The standard InChI is InChI=1S/C15H18N4/c16-8-12-6-7-19(11-12)15-17-9-14(10-18-15)13-4-2-1-3-5-13/h1-5,9-10,12H,6-8,11,16H2. The highest BCUT2D eigenvalue weighted by molar-refractivity contribution is 5.61. The quantitative estimate of drug-likeness (QED) is 0.909. The first-order valence-electron chi connectivity index (χ1n) is 6.69. The lowest BCUT2D eigenvalue weighted by Gasteiger charge is -2.15. The van der Waals surface area contributed by atoms with E-state index in [1.165, 1.54) is 0 Å². The van der Waals surface area contributed by atoms with Crippen LogP contribution in [0.3, 0.4) is 0 Å². The number of aromatic nitrogens is 2. The van der Waals surface area contributed by atoms with Crippen LogP contribution >= 0.6 is 0 Å². The minimum atomic E-state index is 0.581. The highest BCUT2D eigenvalue weighted by Crippen LogP contribution is 2.22. The Morgan fingerprint density at radius 1 is 1.11 bits per heavy atom. The van der Waals surface area contributed by atoms with E-state index in [9.17, 15) is 0 Å². The molecular weight excluding hydrogens is 236 g/mol. The van der Waals surface area contributed by atoms with Crippen LogP contribution in [0.15, 0.2) is 42.7 Å². The number of nitrogens with two attached hydrogens (primary N) is 1. The van der Waals surface area contributed by atoms with Gasteiger partial charge in [0.2, 0.25) is 5.95 Å². The lowest BCUT2D eigenvalue weighted by Crippen LogP contribution is -2.24. The van der Waals surface area contributed by atoms with Gasteiger partial charge in [0.05, 0.1) is 0 Å². The summed E-state index contributed by atoms with van der Waals surface area (Å²) in [4.78, 5) is 11.2. The summed E-state index contributed by atoms with van der Waals surface area (Å²) in [5.74, 6) is 1.40. The first-order valence-corrected chi connectivity index (χ1v) is 6.69. The van der Waals surface area contributed by atoms with E-state index in [0.717, 1.165) is 43.1 Å². The lowest BCUT2D eigenvalue weighted by molar-refractivity contribution is 0.602. The van der Waals surface area contributed by atoms with Crippen molar-refractivity contribution < 1.29 is 0 Å². The van der Waals surface area contributed by atoms with E-state index in [1.54, 1.807) is 0 Å². The number of benzene rings is 1. The van der Waals surface area contributed by atoms with Crippen LogP contribution in [0.5, 0.6) is 0 Å². The van der Waals surface area contributed by atoms with Gasteiger partial charge in [-0.05, 0) is 24.4 Å². The average Bonchev–Trinajstić information content (AvgIpc) is 2.97. The predicted octanol–water partition coefficient (Wildman–Crippen LogP) is 1.93. The molecule has 1 unspecified atom stereocenters. The zero-order valence-electron chi connectivity index (χ0n) is 10.9. The van der Waals surface area contributed by atoms with E-state index in [-0.39, 0.29) is 0 Å². The molecule has 0 amide bonds. The molecule has 98 valence electrons. The number of hydrogen-bond acceptors (Lipinski definition) is 4. The fourth-order valence-corrected chi connectivity index (χ4v) is 2.47. The molecule has 1 aliphatic heterocycles. The van der Waals surface area contributed by atoms with Crippen LogP contribution in [0.2, 0.25) is 0 Å². The van der Waals surface area contributed by atoms with E-state index < -0.39 is 0 Å². The second-order valence-corrected chi connectivity index (χ2v) is 4.97. The van der Waals surface area contributed by atoms with Crippen LogP contribution in [0.1, 0.15) is 6.42 Å². The van der Waals surface area contributed by atoms with Crippen LogP contribution < -0.4 is 10.6 Å². The van der Waals surface area contributed by atoms with Crippen LogP contribution in [0.4, 0.5) is 5.95 Å². The molecule has 2 N–H and O–H groups in total. The number of nitrogens with zero attached hydrogens (tertiary/aromatic N) is 3. The maximum atomic E-state index is 5.71. The highest BCUT2D eigenvalue weighted by Gasteiger charge is 2.22. The topological polar surface area (TPSA) is 55.0 Å². The third-order valence-electron chi connectivity index (χ3n) is 3.65. The monoisotopic (exact) mass is 254 g/mol. The Morgan fingerprint density at radius 3 is 2.47 bits per heavy atom. The maximum Gasteiger partial charge on any atom is 0.225 e. The van der Waals surface area contributed by atoms with Gasteiger partial charge in [-0.3, -0.25) is 0 Å². The zero-order chi connectivity index (χ0) is 13.1. The first-order chi connectivity index (χ1) is 9.36. The van der Waals surface area contributed by atoms with Gasteiger partial charge in [-0.25, -0.2) is 9.97 Å². The Morgan fingerprint density at radius 2 is 1.84 bits per heavy atom. The van der Waals surface area contributed by atoms with Gasteiger partial charge in [0.25, 0.3) is 0 Å². The molecule has 3 rings (SSSR count). The van der Waals surface area contributed by atoms with Crippen molar-refractivity contribution in [2.75, 3.05) is 24.5 Å². The van der Waals surface area contributed by atoms with Crippen LogP contribution in [-0.2, 0) is 0 Å². The Balaban J connectivity index is 1.76. The van der Waals surface area contributed by atoms with E-state index in [4.69, 9.17) is 5.73 Å². The van der Waals surface area contributed by atoms with Gasteiger partial charge in [-0.15, -0.1) is 0 Å². The van der Waals surface area contributed by atoms with E-state index >= 15 is 0 Å². The summed E-state index contributed by atoms with van der Waals surface area (Å²) in [6.45, 7) is 2.73. The van der Waals surface area contributed by atoms with Crippen molar-refractivity contribution >= 4 is 5.95 Å². The van der Waals surface area contributed by atoms with Gasteiger partial charge in [0.1, 0.15) is 0 Å². The Bertz CT molecular complexity index is 524. The van der Waals surface area contributed by atoms with Crippen LogP contribution in [0.25, 0.3) is 11.1 Å². The summed E-state index contributed by atoms with van der Waals surface area (Å²) < 4.78 is 0. The molecule has 0 radical (unpaired) electrons. The number of anilines is 1. The van der Waals surface area contributed by atoms with Crippen LogP contribution in [0, 0.1) is 5.92 Å². The van der Waals surface area contributed by atoms with Gasteiger partial charge >= 0.3 is 0 Å². The van der Waals surface area contributed by atoms with Crippen molar-refractivity contribution in [1.82, 2.24) is 9.97 Å². The molecule has 1 aromatic carbocycles. The summed E-state index contributed by atoms with van der Waals surface area (Å²) in [6.07, 6.45) is 4.93. The smallest absolute Gasteiger partial charge is 0.225 e. The van der Waals surface area contributed by atoms with Gasteiger partial charge in [0, 0.05) is 31.0 Å². The molecule has 0 spiro atoms. The van der Waals surface area contributed by atoms with E-state index in [1.807, 2.05) is 30.6 Å². The largest absolute Gasteiger partial charge is 0.340 e. The van der Waals surface area contributed by atoms with Gasteiger partial charge in [-0.2, -0.15) is 0 Å². The Labute approximate surface area is 113 Å². The molecule has 1 saturated heterocycles. The Hall–Kier alpha value is -1.94. The minimum absolute atomic E-state index is 0.581. The molecule has 2 heterocycles. The predicted molar refractivity (Wildman–Crippen MR) is 76.8 cm³/mol. The molecule has 19 heavy (non-hydrogen) atoms. The molecule has 1 atom stereocenters. The molecule has 0 bridgehead atoms. The fraction of sp³-hybridized carbons (Fsp3) is 0.333. The molecule has 1 fully saturated rings. The Kier molecular flexibility index (Phi) is 3.42. The van der Waals surface area contributed by atoms with Gasteiger partial charge < -0.3 is 10.6 Å². The molecule has 4 nitrogen and oxygen atoms in total. The molecule has 1 aliphatic rings. The average molecular weight is 254 g/mol. The van der Waals surface area contributed by atoms with Crippen molar-refractivity contribution in [3.05, 3.63) is 42.7 Å². The number of hydrogen-bond donors (Lipinski definition) is 1. The maximum absolute atomic E-state index is 5.71. The zero-order valence-corrected chi connectivity index (χ0v) is 10.9. The summed E-state index contributed by atoms with van der Waals surface area (Å²) >= 11 is 0. The molecule has 0 aliphatic carbocycles. The van der Waals surface area contributed by atoms with E-state index in [2.05, 4.69) is 27.0 Å². The summed E-state index contributed by atoms with van der Waals surface area (Å²) in [5.41, 5.74) is 7.91. The van der Waals surface area contributed by atoms with E-state index in [0.29, 0.717) is 5.92 Å². The summed E-state index contributed by atoms with van der Waals surface area (Å²) in [7, 11) is 0. The van der Waals surface area contributed by atoms with Gasteiger partial charge in [-0.1, -0.05) is 30.3 Å². The third-order valence-corrected chi connectivity index (χ3v) is 3.65. The fourth-order valence-electron chi connectivity index (χ4n) is 2.47. The minimum Gasteiger partial charge on any atom is -0.340 e. The van der Waals surface area contributed by atoms with Gasteiger partial charge in [0.15, 0.2) is 0 Å². The van der Waals surface area contributed by atoms with Crippen molar-refractivity contribution in [3.8, 4) is 11.1 Å². The molecule has 4 heteroatoms. The molecule has 1 aromatic heterocycles. The summed E-state index contributed by atoms with van der Waals surface area (Å²) in [6, 6.07) is 10.2. The third kappa shape index (κ3) is 2.58. The molecule has 0 saturated carbocycles. The van der Waals surface area contributed by atoms with Crippen molar-refractivity contribution in [2.24, 2.45) is 11.7 Å². The second-order valence-electron chi connectivity index (χ2n) is 4.97. The van der Waals surface area contributed by atoms with Crippen LogP contribution in [-0.4, -0.2) is 29.6 Å². The molecule has 2 aromatic rings. The van der Waals surface area contributed by atoms with Crippen molar-refractivity contribution in [2.45, 2.75) is 6.42 Å². The van der Waals surface area contributed by atoms with Crippen molar-refractivity contribution in [3.63, 3.8) is 0 Å². The summed E-state index contributed by atoms with van der Waals surface area (Å²) in [5, 5.41) is 0. The highest BCUT2D eigenvalue weighted by atomic mass is 15.3. The SMILES string of the molecule is NCC1CCN(c2ncc(-c3ccccc3)cn2)C1. The van der Waals surface area contributed by atoms with Crippen molar-refractivity contribution in [1.29, 1.82) is 0 Å². The lowest BCUT2D eigenvalue weighted by atomic mass is 10.1. The second kappa shape index (κ2) is 5.36. The normalized spacial score (nSPS) is 18.8. The number of rotatable bonds is 3.